The number of hydrogen-bond acceptors (Lipinski definition) is 6. The quantitative estimate of drug-likeness (QED) is 0.527. The number of aromatic nitrogens is 4. The Morgan fingerprint density at radius 1 is 1.03 bits per heavy atom. The summed E-state index contributed by atoms with van der Waals surface area (Å²) in [4.78, 5) is 19.0. The summed E-state index contributed by atoms with van der Waals surface area (Å²) in [7, 11) is 0. The molecule has 2 N–H and O–H groups in total. The van der Waals surface area contributed by atoms with E-state index in [0.29, 0.717) is 22.1 Å². The Bertz CT molecular complexity index is 1140. The van der Waals surface area contributed by atoms with E-state index in [1.54, 1.807) is 6.33 Å². The van der Waals surface area contributed by atoms with E-state index in [4.69, 9.17) is 21.3 Å². The summed E-state index contributed by atoms with van der Waals surface area (Å²) < 4.78 is 5.42. The Morgan fingerprint density at radius 3 is 2.66 bits per heavy atom. The highest BCUT2D eigenvalue weighted by molar-refractivity contribution is 6.30. The van der Waals surface area contributed by atoms with Gasteiger partial charge in [0.1, 0.15) is 11.2 Å². The Morgan fingerprint density at radius 2 is 1.86 bits per heavy atom. The molecule has 7 nitrogen and oxygen atoms in total. The van der Waals surface area contributed by atoms with Crippen LogP contribution in [0.4, 0.5) is 17.3 Å². The minimum Gasteiger partial charge on any atom is -0.378 e. The van der Waals surface area contributed by atoms with E-state index in [1.807, 2.05) is 36.4 Å². The van der Waals surface area contributed by atoms with Crippen molar-refractivity contribution >= 4 is 40.1 Å². The molecular formula is C21H19ClN6O. The number of H-pyrrole nitrogens is 1. The van der Waals surface area contributed by atoms with Crippen LogP contribution in [0.15, 0.2) is 54.9 Å². The van der Waals surface area contributed by atoms with Crippen LogP contribution in [0.2, 0.25) is 5.02 Å². The summed E-state index contributed by atoms with van der Waals surface area (Å²) in [5, 5.41) is 3.95. The van der Waals surface area contributed by atoms with Crippen LogP contribution in [0.5, 0.6) is 0 Å². The van der Waals surface area contributed by atoms with Crippen LogP contribution < -0.4 is 10.2 Å². The number of halogens is 1. The van der Waals surface area contributed by atoms with Crippen molar-refractivity contribution < 1.29 is 4.74 Å². The van der Waals surface area contributed by atoms with Gasteiger partial charge in [-0.25, -0.2) is 9.97 Å². The maximum atomic E-state index is 6.17. The monoisotopic (exact) mass is 406 g/mol. The minimum atomic E-state index is 0.496. The fourth-order valence-electron chi connectivity index (χ4n) is 3.43. The molecule has 2 aromatic carbocycles. The first-order valence-electron chi connectivity index (χ1n) is 9.43. The van der Waals surface area contributed by atoms with Crippen LogP contribution in [0.25, 0.3) is 22.4 Å². The Labute approximate surface area is 172 Å². The molecule has 4 aromatic rings. The SMILES string of the molecule is Clc1cccc(-c2nc(Nc3ccc(N4CCOCC4)cc3)nc3[nH]cnc23)c1. The fraction of sp³-hybridized carbons (Fsp3) is 0.190. The number of fused-ring (bicyclic) bond motifs is 1. The molecule has 5 rings (SSSR count). The number of morpholine rings is 1. The van der Waals surface area contributed by atoms with Gasteiger partial charge in [0, 0.05) is 35.1 Å². The first-order chi connectivity index (χ1) is 14.3. The van der Waals surface area contributed by atoms with Crippen LogP contribution in [-0.4, -0.2) is 46.2 Å². The van der Waals surface area contributed by atoms with E-state index in [0.717, 1.165) is 43.2 Å². The molecule has 1 aliphatic heterocycles. The molecule has 1 aliphatic rings. The molecule has 0 spiro atoms. The zero-order valence-electron chi connectivity index (χ0n) is 15.6. The highest BCUT2D eigenvalue weighted by atomic mass is 35.5. The van der Waals surface area contributed by atoms with E-state index >= 15 is 0 Å². The second-order valence-corrected chi connectivity index (χ2v) is 7.21. The lowest BCUT2D eigenvalue weighted by atomic mass is 10.1. The number of aromatic amines is 1. The smallest absolute Gasteiger partial charge is 0.229 e. The number of nitrogens with zero attached hydrogens (tertiary/aromatic N) is 4. The summed E-state index contributed by atoms with van der Waals surface area (Å²) in [6.45, 7) is 3.36. The van der Waals surface area contributed by atoms with Gasteiger partial charge in [0.05, 0.1) is 19.5 Å². The molecule has 0 amide bonds. The predicted molar refractivity (Wildman–Crippen MR) is 115 cm³/mol. The van der Waals surface area contributed by atoms with E-state index in [-0.39, 0.29) is 0 Å². The Hall–Kier alpha value is -3.16. The molecule has 1 saturated heterocycles. The van der Waals surface area contributed by atoms with Crippen LogP contribution in [-0.2, 0) is 4.74 Å². The number of nitrogens with one attached hydrogen (secondary N) is 2. The van der Waals surface area contributed by atoms with Gasteiger partial charge in [0.15, 0.2) is 5.65 Å². The summed E-state index contributed by atoms with van der Waals surface area (Å²) in [5.41, 5.74) is 5.10. The van der Waals surface area contributed by atoms with E-state index in [1.165, 1.54) is 5.69 Å². The molecule has 2 aromatic heterocycles. The molecule has 0 atom stereocenters. The minimum absolute atomic E-state index is 0.496. The lowest BCUT2D eigenvalue weighted by Gasteiger charge is -2.28. The maximum absolute atomic E-state index is 6.17. The van der Waals surface area contributed by atoms with Gasteiger partial charge in [-0.2, -0.15) is 4.98 Å². The molecule has 8 heteroatoms. The van der Waals surface area contributed by atoms with E-state index in [9.17, 15) is 0 Å². The first kappa shape index (κ1) is 17.9. The van der Waals surface area contributed by atoms with Crippen molar-refractivity contribution in [3.05, 3.63) is 59.9 Å². The molecule has 0 saturated carbocycles. The van der Waals surface area contributed by atoms with Gasteiger partial charge in [-0.05, 0) is 36.4 Å². The number of imidazole rings is 1. The van der Waals surface area contributed by atoms with Crippen LogP contribution in [0.3, 0.4) is 0 Å². The van der Waals surface area contributed by atoms with Crippen molar-refractivity contribution in [1.82, 2.24) is 19.9 Å². The Kier molecular flexibility index (Phi) is 4.75. The van der Waals surface area contributed by atoms with Crippen LogP contribution in [0.1, 0.15) is 0 Å². The molecule has 0 radical (unpaired) electrons. The molecule has 0 unspecified atom stereocenters. The zero-order chi connectivity index (χ0) is 19.6. The Balaban J connectivity index is 1.45. The molecule has 3 heterocycles. The van der Waals surface area contributed by atoms with Crippen molar-refractivity contribution in [1.29, 1.82) is 0 Å². The van der Waals surface area contributed by atoms with E-state index < -0.39 is 0 Å². The van der Waals surface area contributed by atoms with Crippen molar-refractivity contribution in [3.8, 4) is 11.3 Å². The van der Waals surface area contributed by atoms with Gasteiger partial charge < -0.3 is 19.9 Å². The molecule has 0 bridgehead atoms. The predicted octanol–water partition coefficient (Wildman–Crippen LogP) is 4.25. The highest BCUT2D eigenvalue weighted by Crippen LogP contribution is 2.28. The summed E-state index contributed by atoms with van der Waals surface area (Å²) in [6.07, 6.45) is 1.62. The number of ether oxygens (including phenoxy) is 1. The van der Waals surface area contributed by atoms with Crippen LogP contribution >= 0.6 is 11.6 Å². The molecular weight excluding hydrogens is 388 g/mol. The van der Waals surface area contributed by atoms with Gasteiger partial charge in [-0.3, -0.25) is 0 Å². The number of anilines is 3. The van der Waals surface area contributed by atoms with Crippen LogP contribution in [0, 0.1) is 0 Å². The second kappa shape index (κ2) is 7.69. The lowest BCUT2D eigenvalue weighted by Crippen LogP contribution is -2.36. The second-order valence-electron chi connectivity index (χ2n) is 6.78. The molecule has 29 heavy (non-hydrogen) atoms. The van der Waals surface area contributed by atoms with Gasteiger partial charge in [0.25, 0.3) is 0 Å². The lowest BCUT2D eigenvalue weighted by molar-refractivity contribution is 0.122. The number of benzene rings is 2. The van der Waals surface area contributed by atoms with Gasteiger partial charge in [-0.1, -0.05) is 23.7 Å². The van der Waals surface area contributed by atoms with Crippen molar-refractivity contribution in [2.45, 2.75) is 0 Å². The summed E-state index contributed by atoms with van der Waals surface area (Å²) in [6, 6.07) is 15.8. The normalized spacial score (nSPS) is 14.3. The van der Waals surface area contributed by atoms with Gasteiger partial charge in [0.2, 0.25) is 5.95 Å². The fourth-order valence-corrected chi connectivity index (χ4v) is 3.63. The maximum Gasteiger partial charge on any atom is 0.229 e. The van der Waals surface area contributed by atoms with E-state index in [2.05, 4.69) is 37.3 Å². The van der Waals surface area contributed by atoms with Gasteiger partial charge in [-0.15, -0.1) is 0 Å². The third kappa shape index (κ3) is 3.74. The molecule has 0 aliphatic carbocycles. The average Bonchev–Trinajstić information content (AvgIpc) is 3.23. The molecule has 1 fully saturated rings. The first-order valence-corrected chi connectivity index (χ1v) is 9.81. The topological polar surface area (TPSA) is 79.0 Å². The third-order valence-corrected chi connectivity index (χ3v) is 5.11. The third-order valence-electron chi connectivity index (χ3n) is 4.88. The number of rotatable bonds is 4. The summed E-state index contributed by atoms with van der Waals surface area (Å²) >= 11 is 6.17. The highest BCUT2D eigenvalue weighted by Gasteiger charge is 2.14. The number of hydrogen-bond donors (Lipinski definition) is 2. The van der Waals surface area contributed by atoms with Gasteiger partial charge >= 0.3 is 0 Å². The standard InChI is InChI=1S/C21H19ClN6O/c22-15-3-1-2-14(12-15)18-19-20(24-13-23-19)27-21(26-18)25-16-4-6-17(7-5-16)28-8-10-29-11-9-28/h1-7,12-13H,8-11H2,(H2,23,24,25,26,27). The average molecular weight is 407 g/mol. The summed E-state index contributed by atoms with van der Waals surface area (Å²) in [5.74, 6) is 0.496. The largest absolute Gasteiger partial charge is 0.378 e. The van der Waals surface area contributed by atoms with Crippen molar-refractivity contribution in [2.75, 3.05) is 36.5 Å². The van der Waals surface area contributed by atoms with Crippen molar-refractivity contribution in [3.63, 3.8) is 0 Å². The molecule has 146 valence electrons. The van der Waals surface area contributed by atoms with Crippen molar-refractivity contribution in [2.24, 2.45) is 0 Å². The zero-order valence-corrected chi connectivity index (χ0v) is 16.4.